The maximum atomic E-state index is 14.1. The van der Waals surface area contributed by atoms with Gasteiger partial charge in [0.1, 0.15) is 23.4 Å². The van der Waals surface area contributed by atoms with Gasteiger partial charge in [-0.1, -0.05) is 36.4 Å². The van der Waals surface area contributed by atoms with Crippen molar-refractivity contribution in [2.24, 2.45) is 0 Å². The third-order valence-electron chi connectivity index (χ3n) is 6.95. The van der Waals surface area contributed by atoms with Gasteiger partial charge < -0.3 is 5.32 Å². The summed E-state index contributed by atoms with van der Waals surface area (Å²) in [6.07, 6.45) is -4.68. The minimum atomic E-state index is -4.68. The molecule has 4 aromatic rings. The van der Waals surface area contributed by atoms with Crippen LogP contribution in [0.25, 0.3) is 5.69 Å². The number of halogens is 4. The molecule has 0 fully saturated rings. The number of fused-ring (bicyclic) bond motifs is 1. The van der Waals surface area contributed by atoms with E-state index in [-0.39, 0.29) is 17.8 Å². The number of alkyl halides is 3. The molecule has 0 saturated carbocycles. The van der Waals surface area contributed by atoms with E-state index in [2.05, 4.69) is 10.4 Å². The standard InChI is InChI=1S/C30H24F4N4O3/c1-3-37-28-24(25(17(2)39)36-38(28)22-10-5-4-6-11-22)23(18-12-14-21(31)15-13-18)26(29(37)41)35-27(40)19-8-7-9-20(16-19)30(32,33)34/h4-16,23,26H,3H2,1-2H3,(H,35,40)/t23-,26-/m0/s1. The van der Waals surface area contributed by atoms with Crippen molar-refractivity contribution in [2.75, 3.05) is 11.4 Å². The quantitative estimate of drug-likeness (QED) is 0.247. The van der Waals surface area contributed by atoms with Gasteiger partial charge in [0.15, 0.2) is 5.78 Å². The van der Waals surface area contributed by atoms with Crippen LogP contribution in [0, 0.1) is 5.82 Å². The second-order valence-corrected chi connectivity index (χ2v) is 9.53. The minimum Gasteiger partial charge on any atom is -0.339 e. The number of nitrogens with zero attached hydrogens (tertiary/aromatic N) is 3. The average Bonchev–Trinajstić information content (AvgIpc) is 3.34. The van der Waals surface area contributed by atoms with Crippen molar-refractivity contribution in [3.8, 4) is 5.69 Å². The van der Waals surface area contributed by atoms with Crippen LogP contribution in [0.2, 0.25) is 0 Å². The van der Waals surface area contributed by atoms with Gasteiger partial charge in [0, 0.05) is 30.5 Å². The molecule has 1 aliphatic rings. The van der Waals surface area contributed by atoms with Crippen molar-refractivity contribution in [1.82, 2.24) is 15.1 Å². The van der Waals surface area contributed by atoms with E-state index in [1.54, 1.807) is 37.3 Å². The molecule has 0 spiro atoms. The zero-order chi connectivity index (χ0) is 29.5. The molecule has 2 amide bonds. The van der Waals surface area contributed by atoms with Gasteiger partial charge in [-0.15, -0.1) is 0 Å². The zero-order valence-corrected chi connectivity index (χ0v) is 21.9. The number of ketones is 1. The summed E-state index contributed by atoms with van der Waals surface area (Å²) in [4.78, 5) is 41.7. The SMILES string of the molecule is CCN1C(=O)[C@@H](NC(=O)c2cccc(C(F)(F)F)c2)[C@@H](c2ccc(F)cc2)c2c(C(C)=O)nn(-c3ccccc3)c21. The Morgan fingerprint density at radius 3 is 2.27 bits per heavy atom. The molecule has 0 radical (unpaired) electrons. The molecule has 11 heteroatoms. The van der Waals surface area contributed by atoms with Gasteiger partial charge in [0.2, 0.25) is 0 Å². The Morgan fingerprint density at radius 2 is 1.66 bits per heavy atom. The highest BCUT2D eigenvalue weighted by Crippen LogP contribution is 2.44. The zero-order valence-electron chi connectivity index (χ0n) is 21.9. The average molecular weight is 565 g/mol. The van der Waals surface area contributed by atoms with Crippen molar-refractivity contribution < 1.29 is 31.9 Å². The van der Waals surface area contributed by atoms with Gasteiger partial charge in [-0.05, 0) is 55.0 Å². The van der Waals surface area contributed by atoms with Crippen LogP contribution in [0.1, 0.15) is 57.3 Å². The highest BCUT2D eigenvalue weighted by molar-refractivity contribution is 6.07. The Morgan fingerprint density at radius 1 is 0.976 bits per heavy atom. The fraction of sp³-hybridized carbons (Fsp3) is 0.200. The summed E-state index contributed by atoms with van der Waals surface area (Å²) in [6.45, 7) is 3.16. The van der Waals surface area contributed by atoms with Crippen LogP contribution in [-0.2, 0) is 11.0 Å². The molecule has 210 valence electrons. The molecule has 41 heavy (non-hydrogen) atoms. The van der Waals surface area contributed by atoms with Gasteiger partial charge in [-0.25, -0.2) is 9.07 Å². The molecule has 0 bridgehead atoms. The Bertz CT molecular complexity index is 1630. The number of hydrogen-bond donors (Lipinski definition) is 1. The number of amides is 2. The van der Waals surface area contributed by atoms with Crippen LogP contribution in [-0.4, -0.2) is 40.0 Å². The molecule has 0 aliphatic carbocycles. The van der Waals surface area contributed by atoms with Crippen LogP contribution in [0.3, 0.4) is 0 Å². The molecule has 1 N–H and O–H groups in total. The molecule has 0 unspecified atom stereocenters. The first-order valence-corrected chi connectivity index (χ1v) is 12.8. The topological polar surface area (TPSA) is 84.3 Å². The molecular weight excluding hydrogens is 540 g/mol. The number of anilines is 1. The maximum Gasteiger partial charge on any atom is 0.416 e. The van der Waals surface area contributed by atoms with E-state index in [1.165, 1.54) is 46.8 Å². The van der Waals surface area contributed by atoms with Crippen LogP contribution in [0.4, 0.5) is 23.4 Å². The van der Waals surface area contributed by atoms with E-state index >= 15 is 0 Å². The second-order valence-electron chi connectivity index (χ2n) is 9.53. The number of likely N-dealkylation sites (N-methyl/N-ethyl adjacent to an activating group) is 1. The normalized spacial score (nSPS) is 16.8. The highest BCUT2D eigenvalue weighted by Gasteiger charge is 2.47. The van der Waals surface area contributed by atoms with Gasteiger partial charge >= 0.3 is 6.18 Å². The summed E-state index contributed by atoms with van der Waals surface area (Å²) in [5, 5.41) is 7.17. The molecule has 2 atom stereocenters. The molecular formula is C30H24F4N4O3. The second kappa shape index (κ2) is 10.6. The molecule has 1 aliphatic heterocycles. The number of aromatic nitrogens is 2. The first kappa shape index (κ1) is 27.8. The van der Waals surface area contributed by atoms with E-state index in [4.69, 9.17) is 0 Å². The summed E-state index contributed by atoms with van der Waals surface area (Å²) in [5.41, 5.74) is 0.0426. The largest absolute Gasteiger partial charge is 0.416 e. The van der Waals surface area contributed by atoms with E-state index in [0.29, 0.717) is 28.7 Å². The van der Waals surface area contributed by atoms with Crippen LogP contribution in [0.5, 0.6) is 0 Å². The number of nitrogens with one attached hydrogen (secondary N) is 1. The smallest absolute Gasteiger partial charge is 0.339 e. The number of carbonyl (C=O) groups is 3. The van der Waals surface area contributed by atoms with E-state index in [1.807, 2.05) is 0 Å². The van der Waals surface area contributed by atoms with E-state index in [0.717, 1.165) is 12.1 Å². The molecule has 2 heterocycles. The number of Topliss-reactive ketones (excluding diaryl/α,β-unsaturated/α-hetero) is 1. The number of carbonyl (C=O) groups excluding carboxylic acids is 3. The summed E-state index contributed by atoms with van der Waals surface area (Å²) in [5.74, 6) is -3.12. The van der Waals surface area contributed by atoms with Gasteiger partial charge in [0.05, 0.1) is 11.3 Å². The lowest BCUT2D eigenvalue weighted by atomic mass is 9.80. The molecule has 7 nitrogen and oxygen atoms in total. The van der Waals surface area contributed by atoms with Crippen molar-refractivity contribution >= 4 is 23.4 Å². The van der Waals surface area contributed by atoms with Crippen LogP contribution >= 0.6 is 0 Å². The first-order chi connectivity index (χ1) is 19.5. The van der Waals surface area contributed by atoms with E-state index in [9.17, 15) is 31.9 Å². The molecule has 0 saturated heterocycles. The highest BCUT2D eigenvalue weighted by atomic mass is 19.4. The van der Waals surface area contributed by atoms with Crippen LogP contribution in [0.15, 0.2) is 78.9 Å². The Labute approximate surface area is 232 Å². The lowest BCUT2D eigenvalue weighted by Crippen LogP contribution is -2.55. The summed E-state index contributed by atoms with van der Waals surface area (Å²) >= 11 is 0. The third-order valence-corrected chi connectivity index (χ3v) is 6.95. The summed E-state index contributed by atoms with van der Waals surface area (Å²) in [6, 6.07) is 16.6. The van der Waals surface area contributed by atoms with Crippen molar-refractivity contribution in [2.45, 2.75) is 32.0 Å². The van der Waals surface area contributed by atoms with Crippen molar-refractivity contribution in [3.63, 3.8) is 0 Å². The number of benzene rings is 3. The molecule has 5 rings (SSSR count). The van der Waals surface area contributed by atoms with Crippen LogP contribution < -0.4 is 10.2 Å². The van der Waals surface area contributed by atoms with Gasteiger partial charge in [-0.2, -0.15) is 18.3 Å². The van der Waals surface area contributed by atoms with Gasteiger partial charge in [-0.3, -0.25) is 19.3 Å². The Kier molecular flexibility index (Phi) is 7.20. The summed E-state index contributed by atoms with van der Waals surface area (Å²) < 4.78 is 55.4. The van der Waals surface area contributed by atoms with Gasteiger partial charge in [0.25, 0.3) is 11.8 Å². The minimum absolute atomic E-state index is 0.0439. The fourth-order valence-electron chi connectivity index (χ4n) is 5.10. The molecule has 3 aromatic carbocycles. The third kappa shape index (κ3) is 5.10. The van der Waals surface area contributed by atoms with Crippen molar-refractivity contribution in [3.05, 3.63) is 113 Å². The molecule has 1 aromatic heterocycles. The number of para-hydroxylation sites is 1. The predicted molar refractivity (Wildman–Crippen MR) is 143 cm³/mol. The Balaban J connectivity index is 1.70. The number of rotatable bonds is 6. The fourth-order valence-corrected chi connectivity index (χ4v) is 5.10. The lowest BCUT2D eigenvalue weighted by molar-refractivity contribution is -0.137. The first-order valence-electron chi connectivity index (χ1n) is 12.8. The monoisotopic (exact) mass is 564 g/mol. The lowest BCUT2D eigenvalue weighted by Gasteiger charge is -2.38. The maximum absolute atomic E-state index is 14.1. The predicted octanol–water partition coefficient (Wildman–Crippen LogP) is 5.53. The number of hydrogen-bond acceptors (Lipinski definition) is 4. The summed E-state index contributed by atoms with van der Waals surface area (Å²) in [7, 11) is 0. The Hall–Kier alpha value is -4.80. The van der Waals surface area contributed by atoms with Crippen molar-refractivity contribution in [1.29, 1.82) is 0 Å². The van der Waals surface area contributed by atoms with E-state index < -0.39 is 47.1 Å².